The topological polar surface area (TPSA) is 20.3 Å². The van der Waals surface area contributed by atoms with Crippen molar-refractivity contribution in [2.24, 2.45) is 0 Å². The summed E-state index contributed by atoms with van der Waals surface area (Å²) in [5, 5.41) is 0. The van der Waals surface area contributed by atoms with Crippen LogP contribution in [0.5, 0.6) is 0 Å². The number of nitrogens with zero attached hydrogens (tertiary/aromatic N) is 1. The first-order chi connectivity index (χ1) is 7.65. The van der Waals surface area contributed by atoms with Crippen LogP contribution in [0.3, 0.4) is 0 Å². The predicted octanol–water partition coefficient (Wildman–Crippen LogP) is 3.13. The van der Waals surface area contributed by atoms with E-state index in [9.17, 15) is 4.79 Å². The van der Waals surface area contributed by atoms with Gasteiger partial charge in [0.1, 0.15) is 0 Å². The minimum atomic E-state index is 0.0936. The molecule has 1 aromatic carbocycles. The Bertz CT molecular complexity index is 329. The molecule has 1 amide bonds. The van der Waals surface area contributed by atoms with Crippen molar-refractivity contribution in [3.63, 3.8) is 0 Å². The summed E-state index contributed by atoms with van der Waals surface area (Å²) in [6.07, 6.45) is 3.43. The lowest BCUT2D eigenvalue weighted by molar-refractivity contribution is 0.0792. The highest BCUT2D eigenvalue weighted by molar-refractivity contribution is 5.94. The second-order valence-electron chi connectivity index (χ2n) is 4.13. The first-order valence-corrected chi connectivity index (χ1v) is 5.82. The van der Waals surface area contributed by atoms with Crippen LogP contribution in [-0.4, -0.2) is 24.4 Å². The number of benzene rings is 1. The van der Waals surface area contributed by atoms with E-state index in [0.29, 0.717) is 0 Å². The fraction of sp³-hybridized carbons (Fsp3) is 0.429. The van der Waals surface area contributed by atoms with Crippen molar-refractivity contribution in [2.45, 2.75) is 26.2 Å². The lowest BCUT2D eigenvalue weighted by Gasteiger charge is -2.17. The molecule has 0 unspecified atom stereocenters. The van der Waals surface area contributed by atoms with Crippen LogP contribution in [0.2, 0.25) is 0 Å². The standard InChI is InChI=1S/C14H20NO/c1-4-5-6-11-15(3)14(16)13-9-7-12(2)8-10-13/h7-10H,2,4-6,11H2,1,3H3. The Labute approximate surface area is 98.3 Å². The molecule has 0 atom stereocenters. The predicted molar refractivity (Wildman–Crippen MR) is 67.4 cm³/mol. The first kappa shape index (κ1) is 12.8. The van der Waals surface area contributed by atoms with E-state index in [2.05, 4.69) is 13.8 Å². The molecule has 1 aromatic rings. The van der Waals surface area contributed by atoms with Crippen LogP contribution >= 0.6 is 0 Å². The summed E-state index contributed by atoms with van der Waals surface area (Å²) in [6.45, 7) is 6.80. The largest absolute Gasteiger partial charge is 0.342 e. The molecular formula is C14H20NO. The van der Waals surface area contributed by atoms with E-state index in [1.165, 1.54) is 12.8 Å². The second-order valence-corrected chi connectivity index (χ2v) is 4.13. The number of amides is 1. The van der Waals surface area contributed by atoms with Gasteiger partial charge in [0, 0.05) is 19.2 Å². The molecule has 2 heteroatoms. The van der Waals surface area contributed by atoms with Gasteiger partial charge < -0.3 is 4.90 Å². The van der Waals surface area contributed by atoms with Crippen molar-refractivity contribution in [1.82, 2.24) is 4.90 Å². The third-order valence-electron chi connectivity index (χ3n) is 2.64. The van der Waals surface area contributed by atoms with Gasteiger partial charge in [-0.05, 0) is 31.0 Å². The van der Waals surface area contributed by atoms with Crippen LogP contribution in [0.1, 0.15) is 42.1 Å². The molecule has 0 aromatic heterocycles. The number of carbonyl (C=O) groups is 1. The number of rotatable bonds is 5. The molecule has 0 heterocycles. The normalized spacial score (nSPS) is 10.2. The summed E-state index contributed by atoms with van der Waals surface area (Å²) >= 11 is 0. The molecule has 0 fully saturated rings. The summed E-state index contributed by atoms with van der Waals surface area (Å²) in [5.41, 5.74) is 1.68. The van der Waals surface area contributed by atoms with Crippen molar-refractivity contribution in [1.29, 1.82) is 0 Å². The number of carbonyl (C=O) groups excluding carboxylic acids is 1. The van der Waals surface area contributed by atoms with Crippen LogP contribution in [0.25, 0.3) is 0 Å². The summed E-state index contributed by atoms with van der Waals surface area (Å²) in [5.74, 6) is 0.0936. The van der Waals surface area contributed by atoms with Crippen LogP contribution < -0.4 is 0 Å². The zero-order chi connectivity index (χ0) is 12.0. The van der Waals surface area contributed by atoms with Gasteiger partial charge in [-0.15, -0.1) is 0 Å². The van der Waals surface area contributed by atoms with Crippen molar-refractivity contribution in [3.8, 4) is 0 Å². The maximum absolute atomic E-state index is 12.0. The van der Waals surface area contributed by atoms with Crippen molar-refractivity contribution in [2.75, 3.05) is 13.6 Å². The van der Waals surface area contributed by atoms with Crippen molar-refractivity contribution < 1.29 is 4.79 Å². The fourth-order valence-corrected chi connectivity index (χ4v) is 1.57. The van der Waals surface area contributed by atoms with E-state index in [0.717, 1.165) is 24.1 Å². The van der Waals surface area contributed by atoms with E-state index in [1.807, 2.05) is 31.3 Å². The molecule has 0 saturated heterocycles. The SMILES string of the molecule is [CH2]c1ccc(C(=O)N(C)CCCCC)cc1. The minimum absolute atomic E-state index is 0.0936. The van der Waals surface area contributed by atoms with Gasteiger partial charge in [-0.25, -0.2) is 0 Å². The first-order valence-electron chi connectivity index (χ1n) is 5.82. The lowest BCUT2D eigenvalue weighted by atomic mass is 10.1. The van der Waals surface area contributed by atoms with Crippen LogP contribution in [0, 0.1) is 6.92 Å². The molecule has 0 N–H and O–H groups in total. The van der Waals surface area contributed by atoms with E-state index in [1.54, 1.807) is 4.90 Å². The molecule has 2 nitrogen and oxygen atoms in total. The van der Waals surface area contributed by atoms with Gasteiger partial charge in [-0.2, -0.15) is 0 Å². The summed E-state index contributed by atoms with van der Waals surface area (Å²) < 4.78 is 0. The molecule has 0 aliphatic heterocycles. The molecule has 0 spiro atoms. The number of hydrogen-bond donors (Lipinski definition) is 0. The van der Waals surface area contributed by atoms with Gasteiger partial charge >= 0.3 is 0 Å². The molecule has 87 valence electrons. The Morgan fingerprint density at radius 2 is 1.88 bits per heavy atom. The van der Waals surface area contributed by atoms with Crippen LogP contribution in [-0.2, 0) is 0 Å². The highest BCUT2D eigenvalue weighted by Gasteiger charge is 2.10. The molecular weight excluding hydrogens is 198 g/mol. The Balaban J connectivity index is 2.53. The summed E-state index contributed by atoms with van der Waals surface area (Å²) in [7, 11) is 1.86. The maximum Gasteiger partial charge on any atom is 0.253 e. The average Bonchev–Trinajstić information content (AvgIpc) is 2.29. The van der Waals surface area contributed by atoms with Crippen molar-refractivity contribution in [3.05, 3.63) is 42.3 Å². The minimum Gasteiger partial charge on any atom is -0.342 e. The van der Waals surface area contributed by atoms with E-state index >= 15 is 0 Å². The highest BCUT2D eigenvalue weighted by atomic mass is 16.2. The van der Waals surface area contributed by atoms with E-state index < -0.39 is 0 Å². The monoisotopic (exact) mass is 218 g/mol. The van der Waals surface area contributed by atoms with Crippen LogP contribution in [0.15, 0.2) is 24.3 Å². The Hall–Kier alpha value is -1.31. The third-order valence-corrected chi connectivity index (χ3v) is 2.64. The number of hydrogen-bond acceptors (Lipinski definition) is 1. The lowest BCUT2D eigenvalue weighted by Crippen LogP contribution is -2.27. The maximum atomic E-state index is 12.0. The quantitative estimate of drug-likeness (QED) is 0.695. The molecule has 16 heavy (non-hydrogen) atoms. The molecule has 1 radical (unpaired) electrons. The smallest absolute Gasteiger partial charge is 0.253 e. The van der Waals surface area contributed by atoms with Gasteiger partial charge in [0.15, 0.2) is 0 Å². The second kappa shape index (κ2) is 6.31. The Morgan fingerprint density at radius 3 is 2.44 bits per heavy atom. The van der Waals surface area contributed by atoms with Gasteiger partial charge in [0.05, 0.1) is 0 Å². The molecule has 0 bridgehead atoms. The van der Waals surface area contributed by atoms with Crippen LogP contribution in [0.4, 0.5) is 0 Å². The zero-order valence-corrected chi connectivity index (χ0v) is 10.2. The van der Waals surface area contributed by atoms with E-state index in [-0.39, 0.29) is 5.91 Å². The average molecular weight is 218 g/mol. The highest BCUT2D eigenvalue weighted by Crippen LogP contribution is 2.07. The number of unbranched alkanes of at least 4 members (excludes halogenated alkanes) is 2. The van der Waals surface area contributed by atoms with E-state index in [4.69, 9.17) is 0 Å². The Kier molecular flexibility index (Phi) is 5.03. The summed E-state index contributed by atoms with van der Waals surface area (Å²) in [6, 6.07) is 7.40. The summed E-state index contributed by atoms with van der Waals surface area (Å²) in [4.78, 5) is 13.7. The molecule has 0 aliphatic rings. The molecule has 1 rings (SSSR count). The fourth-order valence-electron chi connectivity index (χ4n) is 1.57. The van der Waals surface area contributed by atoms with Gasteiger partial charge in [-0.1, -0.05) is 31.9 Å². The molecule has 0 saturated carbocycles. The zero-order valence-electron chi connectivity index (χ0n) is 10.2. The van der Waals surface area contributed by atoms with Gasteiger partial charge in [0.2, 0.25) is 0 Å². The van der Waals surface area contributed by atoms with Crippen molar-refractivity contribution >= 4 is 5.91 Å². The third kappa shape index (κ3) is 3.69. The van der Waals surface area contributed by atoms with Gasteiger partial charge in [0.25, 0.3) is 5.91 Å². The molecule has 0 aliphatic carbocycles. The Morgan fingerprint density at radius 1 is 1.25 bits per heavy atom. The van der Waals surface area contributed by atoms with Gasteiger partial charge in [-0.3, -0.25) is 4.79 Å².